The summed E-state index contributed by atoms with van der Waals surface area (Å²) in [6, 6.07) is 1.98. The van der Waals surface area contributed by atoms with Crippen LogP contribution in [0.5, 0.6) is 5.75 Å². The smallest absolute Gasteiger partial charge is 0.331 e. The van der Waals surface area contributed by atoms with Crippen molar-refractivity contribution in [3.05, 3.63) is 28.3 Å². The largest absolute Gasteiger partial charge is 0.496 e. The molecule has 116 valence electrons. The molecule has 2 rings (SSSR count). The highest BCUT2D eigenvalue weighted by atomic mass is 16.5. The fraction of sp³-hybridized carbons (Fsp3) is 0.588. The van der Waals surface area contributed by atoms with E-state index in [1.807, 2.05) is 33.8 Å². The van der Waals surface area contributed by atoms with Crippen LogP contribution in [-0.4, -0.2) is 19.7 Å². The van der Waals surface area contributed by atoms with Crippen molar-refractivity contribution < 1.29 is 14.3 Å². The van der Waals surface area contributed by atoms with Gasteiger partial charge in [-0.2, -0.15) is 0 Å². The molecule has 1 aromatic rings. The number of carbonyl (C=O) groups excluding carboxylic acids is 1. The molecule has 0 aliphatic heterocycles. The minimum Gasteiger partial charge on any atom is -0.496 e. The van der Waals surface area contributed by atoms with Crippen LogP contribution in [0.3, 0.4) is 0 Å². The van der Waals surface area contributed by atoms with Gasteiger partial charge in [-0.3, -0.25) is 0 Å². The normalized spacial score (nSPS) is 17.2. The molecule has 0 heterocycles. The highest BCUT2D eigenvalue weighted by Gasteiger charge is 2.51. The maximum atomic E-state index is 12.5. The van der Waals surface area contributed by atoms with Crippen molar-refractivity contribution >= 4 is 5.97 Å². The highest BCUT2D eigenvalue weighted by Crippen LogP contribution is 2.47. The first-order valence-corrected chi connectivity index (χ1v) is 7.49. The number of aryl methyl sites for hydroxylation is 1. The van der Waals surface area contributed by atoms with E-state index in [0.29, 0.717) is 6.61 Å². The van der Waals surface area contributed by atoms with Crippen LogP contribution < -0.4 is 10.5 Å². The number of esters is 1. The van der Waals surface area contributed by atoms with E-state index in [2.05, 4.69) is 0 Å². The molecule has 21 heavy (non-hydrogen) atoms. The van der Waals surface area contributed by atoms with Crippen molar-refractivity contribution in [2.75, 3.05) is 13.7 Å². The molecule has 1 aromatic carbocycles. The van der Waals surface area contributed by atoms with Gasteiger partial charge in [0, 0.05) is 0 Å². The fourth-order valence-corrected chi connectivity index (χ4v) is 3.09. The van der Waals surface area contributed by atoms with Crippen LogP contribution in [0, 0.1) is 26.7 Å². The number of rotatable bonds is 5. The molecular formula is C17H25NO3. The molecule has 1 fully saturated rings. The maximum absolute atomic E-state index is 12.5. The number of nitrogens with two attached hydrogens (primary N) is 1. The minimum atomic E-state index is -1.04. The molecule has 0 spiro atoms. The van der Waals surface area contributed by atoms with E-state index in [9.17, 15) is 4.79 Å². The molecular weight excluding hydrogens is 266 g/mol. The lowest BCUT2D eigenvalue weighted by molar-refractivity contribution is -0.151. The monoisotopic (exact) mass is 291 g/mol. The Kier molecular flexibility index (Phi) is 4.28. The van der Waals surface area contributed by atoms with Crippen LogP contribution in [0.15, 0.2) is 6.07 Å². The van der Waals surface area contributed by atoms with Crippen molar-refractivity contribution in [3.63, 3.8) is 0 Å². The van der Waals surface area contributed by atoms with Gasteiger partial charge < -0.3 is 15.2 Å². The number of hydrogen-bond donors (Lipinski definition) is 1. The standard InChI is InChI=1S/C17H25NO3/c1-6-21-16(19)17(18,13-7-8-13)14-9-10(2)15(20-5)12(4)11(14)3/h9,13H,6-8,18H2,1-5H3. The van der Waals surface area contributed by atoms with Crippen molar-refractivity contribution in [2.45, 2.75) is 46.1 Å². The van der Waals surface area contributed by atoms with Crippen molar-refractivity contribution in [1.82, 2.24) is 0 Å². The van der Waals surface area contributed by atoms with Crippen molar-refractivity contribution in [2.24, 2.45) is 11.7 Å². The van der Waals surface area contributed by atoms with Crippen LogP contribution in [0.1, 0.15) is 42.0 Å². The van der Waals surface area contributed by atoms with Crippen LogP contribution >= 0.6 is 0 Å². The Morgan fingerprint density at radius 1 is 1.33 bits per heavy atom. The van der Waals surface area contributed by atoms with Gasteiger partial charge >= 0.3 is 5.97 Å². The lowest BCUT2D eigenvalue weighted by Gasteiger charge is -2.31. The molecule has 4 heteroatoms. The second kappa shape index (κ2) is 5.68. The third-order valence-corrected chi connectivity index (χ3v) is 4.51. The van der Waals surface area contributed by atoms with Crippen LogP contribution in [0.25, 0.3) is 0 Å². The minimum absolute atomic E-state index is 0.169. The number of carbonyl (C=O) groups is 1. The van der Waals surface area contributed by atoms with E-state index in [0.717, 1.165) is 40.8 Å². The first-order valence-electron chi connectivity index (χ1n) is 7.49. The first kappa shape index (κ1) is 15.8. The van der Waals surface area contributed by atoms with Gasteiger partial charge in [0.05, 0.1) is 13.7 Å². The average Bonchev–Trinajstić information content (AvgIpc) is 3.27. The Morgan fingerprint density at radius 3 is 2.43 bits per heavy atom. The molecule has 0 saturated heterocycles. The molecule has 0 aromatic heterocycles. The predicted octanol–water partition coefficient (Wildman–Crippen LogP) is 2.75. The summed E-state index contributed by atoms with van der Waals surface area (Å²) in [4.78, 5) is 12.5. The van der Waals surface area contributed by atoms with Gasteiger partial charge in [0.2, 0.25) is 0 Å². The Morgan fingerprint density at radius 2 is 1.95 bits per heavy atom. The Hall–Kier alpha value is -1.55. The third kappa shape index (κ3) is 2.53. The van der Waals surface area contributed by atoms with Gasteiger partial charge in [0.25, 0.3) is 0 Å². The predicted molar refractivity (Wildman–Crippen MR) is 82.4 cm³/mol. The lowest BCUT2D eigenvalue weighted by Crippen LogP contribution is -2.49. The molecule has 4 nitrogen and oxygen atoms in total. The summed E-state index contributed by atoms with van der Waals surface area (Å²) in [5.41, 5.74) is 9.45. The molecule has 1 unspecified atom stereocenters. The molecule has 1 saturated carbocycles. The SMILES string of the molecule is CCOC(=O)C(N)(c1cc(C)c(OC)c(C)c1C)C1CC1. The van der Waals surface area contributed by atoms with Crippen molar-refractivity contribution in [3.8, 4) is 5.75 Å². The summed E-state index contributed by atoms with van der Waals surface area (Å²) in [7, 11) is 1.66. The Bertz CT molecular complexity index is 564. The Labute approximate surface area is 126 Å². The second-order valence-electron chi connectivity index (χ2n) is 5.89. The van der Waals surface area contributed by atoms with Crippen molar-refractivity contribution in [1.29, 1.82) is 0 Å². The van der Waals surface area contributed by atoms with Crippen LogP contribution in [0.4, 0.5) is 0 Å². The molecule has 1 atom stereocenters. The van der Waals surface area contributed by atoms with Gasteiger partial charge in [0.15, 0.2) is 0 Å². The van der Waals surface area contributed by atoms with Gasteiger partial charge in [-0.1, -0.05) is 0 Å². The fourth-order valence-electron chi connectivity index (χ4n) is 3.09. The number of hydrogen-bond acceptors (Lipinski definition) is 4. The van der Waals surface area contributed by atoms with Crippen LogP contribution in [0.2, 0.25) is 0 Å². The summed E-state index contributed by atoms with van der Waals surface area (Å²) >= 11 is 0. The van der Waals surface area contributed by atoms with E-state index < -0.39 is 5.54 Å². The number of methoxy groups -OCH3 is 1. The van der Waals surface area contributed by atoms with E-state index in [1.54, 1.807) is 7.11 Å². The number of benzene rings is 1. The van der Waals surface area contributed by atoms with E-state index in [-0.39, 0.29) is 11.9 Å². The zero-order valence-corrected chi connectivity index (χ0v) is 13.6. The zero-order valence-electron chi connectivity index (χ0n) is 13.6. The van der Waals surface area contributed by atoms with Gasteiger partial charge in [-0.15, -0.1) is 0 Å². The maximum Gasteiger partial charge on any atom is 0.331 e. The first-order chi connectivity index (χ1) is 9.87. The average molecular weight is 291 g/mol. The summed E-state index contributed by atoms with van der Waals surface area (Å²) < 4.78 is 10.7. The molecule has 1 aliphatic carbocycles. The molecule has 0 amide bonds. The van der Waals surface area contributed by atoms with E-state index in [4.69, 9.17) is 15.2 Å². The lowest BCUT2D eigenvalue weighted by atomic mass is 9.81. The number of ether oxygens (including phenoxy) is 2. The summed E-state index contributed by atoms with van der Waals surface area (Å²) in [6.07, 6.45) is 1.94. The summed E-state index contributed by atoms with van der Waals surface area (Å²) in [6.45, 7) is 8.13. The van der Waals surface area contributed by atoms with Gasteiger partial charge in [-0.25, -0.2) is 4.79 Å². The van der Waals surface area contributed by atoms with Crippen LogP contribution in [-0.2, 0) is 15.1 Å². The molecule has 1 aliphatic rings. The molecule has 0 bridgehead atoms. The van der Waals surface area contributed by atoms with Gasteiger partial charge in [0.1, 0.15) is 11.3 Å². The summed E-state index contributed by atoms with van der Waals surface area (Å²) in [5, 5.41) is 0. The Balaban J connectivity index is 2.59. The van der Waals surface area contributed by atoms with Gasteiger partial charge in [-0.05, 0) is 74.8 Å². The molecule has 0 radical (unpaired) electrons. The highest BCUT2D eigenvalue weighted by molar-refractivity contribution is 5.84. The quantitative estimate of drug-likeness (QED) is 0.847. The van der Waals surface area contributed by atoms with E-state index >= 15 is 0 Å². The van der Waals surface area contributed by atoms with E-state index in [1.165, 1.54) is 0 Å². The molecule has 2 N–H and O–H groups in total. The summed E-state index contributed by atoms with van der Waals surface area (Å²) in [5.74, 6) is 0.709. The zero-order chi connectivity index (χ0) is 15.8. The topological polar surface area (TPSA) is 61.5 Å². The second-order valence-corrected chi connectivity index (χ2v) is 5.89. The third-order valence-electron chi connectivity index (χ3n) is 4.51.